The minimum atomic E-state index is -0.509. The Morgan fingerprint density at radius 2 is 1.83 bits per heavy atom. The highest BCUT2D eigenvalue weighted by Gasteiger charge is 2.04. The maximum Gasteiger partial charge on any atom is 0.183 e. The van der Waals surface area contributed by atoms with Crippen LogP contribution in [0.4, 0.5) is 0 Å². The van der Waals surface area contributed by atoms with Gasteiger partial charge >= 0.3 is 0 Å². The van der Waals surface area contributed by atoms with E-state index in [1.165, 1.54) is 0 Å². The van der Waals surface area contributed by atoms with Gasteiger partial charge in [0.15, 0.2) is 4.96 Å². The minimum Gasteiger partial charge on any atom is -0.318 e. The van der Waals surface area contributed by atoms with E-state index in [0.717, 1.165) is 10.9 Å². The van der Waals surface area contributed by atoms with Crippen molar-refractivity contribution >= 4 is 34.1 Å². The van der Waals surface area contributed by atoms with Gasteiger partial charge in [-0.25, -0.2) is 0 Å². The van der Waals surface area contributed by atoms with Gasteiger partial charge in [0, 0.05) is 6.20 Å². The van der Waals surface area contributed by atoms with Crippen molar-refractivity contribution in [2.75, 3.05) is 0 Å². The van der Waals surface area contributed by atoms with E-state index < -0.39 is 4.96 Å². The fourth-order valence-corrected chi connectivity index (χ4v) is 1.62. The molecule has 0 saturated carbocycles. The van der Waals surface area contributed by atoms with Gasteiger partial charge in [-0.2, -0.15) is 0 Å². The van der Waals surface area contributed by atoms with E-state index in [-0.39, 0.29) is 0 Å². The summed E-state index contributed by atoms with van der Waals surface area (Å²) >= 11 is 11.5. The van der Waals surface area contributed by atoms with Gasteiger partial charge in [0.2, 0.25) is 0 Å². The van der Waals surface area contributed by atoms with Crippen molar-refractivity contribution < 1.29 is 0 Å². The highest BCUT2D eigenvalue weighted by atomic mass is 35.5. The molecular weight excluding hydrogens is 193 g/mol. The Morgan fingerprint density at radius 3 is 2.58 bits per heavy atom. The van der Waals surface area contributed by atoms with Crippen LogP contribution in [0.25, 0.3) is 10.9 Å². The molecule has 0 amide bonds. The van der Waals surface area contributed by atoms with Crippen molar-refractivity contribution in [2.24, 2.45) is 0 Å². The lowest BCUT2D eigenvalue weighted by Gasteiger charge is -2.03. The molecule has 0 fully saturated rings. The van der Waals surface area contributed by atoms with Gasteiger partial charge in [0.25, 0.3) is 0 Å². The molecule has 0 aliphatic carbocycles. The van der Waals surface area contributed by atoms with E-state index in [9.17, 15) is 0 Å². The molecule has 2 aromatic rings. The standard InChI is InChI=1S/C9H7Cl2N/c10-9(11)12-6-5-7-3-1-2-4-8(7)12/h1-6,9H. The molecule has 1 aromatic heterocycles. The summed E-state index contributed by atoms with van der Waals surface area (Å²) in [5.41, 5.74) is 1.06. The second-order valence-electron chi connectivity index (χ2n) is 2.56. The van der Waals surface area contributed by atoms with Gasteiger partial charge < -0.3 is 4.57 Å². The van der Waals surface area contributed by atoms with Gasteiger partial charge in [0.05, 0.1) is 5.52 Å². The second-order valence-corrected chi connectivity index (χ2v) is 3.61. The van der Waals surface area contributed by atoms with Crippen molar-refractivity contribution in [2.45, 2.75) is 4.96 Å². The summed E-state index contributed by atoms with van der Waals surface area (Å²) in [6.45, 7) is 0. The number of nitrogens with zero attached hydrogens (tertiary/aromatic N) is 1. The molecule has 1 nitrogen and oxygen atoms in total. The highest BCUT2D eigenvalue weighted by molar-refractivity contribution is 6.42. The molecule has 0 atom stereocenters. The molecule has 0 saturated heterocycles. The van der Waals surface area contributed by atoms with Crippen LogP contribution in [0.1, 0.15) is 4.96 Å². The average Bonchev–Trinajstić information content (AvgIpc) is 2.47. The summed E-state index contributed by atoms with van der Waals surface area (Å²) in [4.78, 5) is -0.509. The number of fused-ring (bicyclic) bond motifs is 1. The number of alkyl halides is 2. The van der Waals surface area contributed by atoms with Crippen LogP contribution in [0.3, 0.4) is 0 Å². The lowest BCUT2D eigenvalue weighted by molar-refractivity contribution is 0.899. The number of halogens is 2. The molecule has 0 unspecified atom stereocenters. The van der Waals surface area contributed by atoms with Crippen molar-refractivity contribution in [3.8, 4) is 0 Å². The zero-order valence-corrected chi connectivity index (χ0v) is 7.76. The molecule has 1 aromatic carbocycles. The van der Waals surface area contributed by atoms with Crippen LogP contribution < -0.4 is 0 Å². The molecule has 0 aliphatic rings. The van der Waals surface area contributed by atoms with E-state index in [2.05, 4.69) is 0 Å². The zero-order chi connectivity index (χ0) is 8.55. The Morgan fingerprint density at radius 1 is 1.08 bits per heavy atom. The molecule has 0 aliphatic heterocycles. The number of aromatic nitrogens is 1. The molecule has 1 heterocycles. The Hall–Kier alpha value is -0.660. The van der Waals surface area contributed by atoms with Crippen LogP contribution in [-0.2, 0) is 0 Å². The van der Waals surface area contributed by atoms with Gasteiger partial charge in [-0.05, 0) is 17.5 Å². The van der Waals surface area contributed by atoms with E-state index in [1.807, 2.05) is 41.1 Å². The van der Waals surface area contributed by atoms with Crippen LogP contribution in [0, 0.1) is 0 Å². The fourth-order valence-electron chi connectivity index (χ4n) is 1.27. The van der Waals surface area contributed by atoms with Crippen molar-refractivity contribution in [3.63, 3.8) is 0 Å². The Bertz CT molecular complexity index is 392. The van der Waals surface area contributed by atoms with Crippen molar-refractivity contribution in [1.29, 1.82) is 0 Å². The molecule has 0 N–H and O–H groups in total. The summed E-state index contributed by atoms with van der Waals surface area (Å²) < 4.78 is 1.82. The van der Waals surface area contributed by atoms with E-state index in [0.29, 0.717) is 0 Å². The zero-order valence-electron chi connectivity index (χ0n) is 6.24. The molecule has 2 rings (SSSR count). The Labute approximate surface area is 80.5 Å². The third-order valence-electron chi connectivity index (χ3n) is 1.84. The van der Waals surface area contributed by atoms with Gasteiger partial charge in [-0.15, -0.1) is 0 Å². The summed E-state index contributed by atoms with van der Waals surface area (Å²) in [5.74, 6) is 0. The van der Waals surface area contributed by atoms with Crippen LogP contribution in [0.5, 0.6) is 0 Å². The fraction of sp³-hybridized carbons (Fsp3) is 0.111. The molecule has 0 radical (unpaired) electrons. The molecule has 12 heavy (non-hydrogen) atoms. The number of hydrogen-bond donors (Lipinski definition) is 0. The minimum absolute atomic E-state index is 0.509. The number of para-hydroxylation sites is 1. The predicted octanol–water partition coefficient (Wildman–Crippen LogP) is 3.58. The van der Waals surface area contributed by atoms with Crippen LogP contribution >= 0.6 is 23.2 Å². The monoisotopic (exact) mass is 199 g/mol. The molecular formula is C9H7Cl2N. The quantitative estimate of drug-likeness (QED) is 0.620. The normalized spacial score (nSPS) is 11.2. The SMILES string of the molecule is ClC(Cl)n1ccc2ccccc21. The predicted molar refractivity (Wildman–Crippen MR) is 52.7 cm³/mol. The molecule has 0 spiro atoms. The lowest BCUT2D eigenvalue weighted by Crippen LogP contribution is -1.91. The molecule has 3 heteroatoms. The van der Waals surface area contributed by atoms with E-state index >= 15 is 0 Å². The topological polar surface area (TPSA) is 4.93 Å². The molecule has 62 valence electrons. The van der Waals surface area contributed by atoms with Gasteiger partial charge in [0.1, 0.15) is 0 Å². The average molecular weight is 200 g/mol. The first kappa shape index (κ1) is 7.96. The summed E-state index contributed by atoms with van der Waals surface area (Å²) in [7, 11) is 0. The Balaban J connectivity index is 2.70. The van der Waals surface area contributed by atoms with Gasteiger partial charge in [-0.3, -0.25) is 0 Å². The van der Waals surface area contributed by atoms with E-state index in [4.69, 9.17) is 23.2 Å². The van der Waals surface area contributed by atoms with Crippen LogP contribution in [0.15, 0.2) is 36.5 Å². The number of benzene rings is 1. The van der Waals surface area contributed by atoms with Crippen LogP contribution in [-0.4, -0.2) is 4.57 Å². The highest BCUT2D eigenvalue weighted by Crippen LogP contribution is 2.24. The van der Waals surface area contributed by atoms with Gasteiger partial charge in [-0.1, -0.05) is 41.4 Å². The third-order valence-corrected chi connectivity index (χ3v) is 2.26. The van der Waals surface area contributed by atoms with Crippen molar-refractivity contribution in [1.82, 2.24) is 4.57 Å². The first-order chi connectivity index (χ1) is 5.79. The maximum atomic E-state index is 5.75. The first-order valence-electron chi connectivity index (χ1n) is 3.63. The largest absolute Gasteiger partial charge is 0.318 e. The molecule has 0 bridgehead atoms. The number of rotatable bonds is 1. The smallest absolute Gasteiger partial charge is 0.183 e. The van der Waals surface area contributed by atoms with E-state index in [1.54, 1.807) is 0 Å². The van der Waals surface area contributed by atoms with Crippen LogP contribution in [0.2, 0.25) is 0 Å². The first-order valence-corrected chi connectivity index (χ1v) is 4.50. The maximum absolute atomic E-state index is 5.75. The third kappa shape index (κ3) is 1.19. The summed E-state index contributed by atoms with van der Waals surface area (Å²) in [6, 6.07) is 9.97. The number of hydrogen-bond acceptors (Lipinski definition) is 0. The second kappa shape index (κ2) is 3.00. The summed E-state index contributed by atoms with van der Waals surface area (Å²) in [6.07, 6.45) is 1.88. The Kier molecular flexibility index (Phi) is 1.99. The lowest BCUT2D eigenvalue weighted by atomic mass is 10.2. The van der Waals surface area contributed by atoms with Crippen molar-refractivity contribution in [3.05, 3.63) is 36.5 Å². The summed E-state index contributed by atoms with van der Waals surface area (Å²) in [5, 5.41) is 1.16.